The van der Waals surface area contributed by atoms with Gasteiger partial charge in [0, 0.05) is 18.6 Å². The lowest BCUT2D eigenvalue weighted by Gasteiger charge is -2.19. The fraction of sp³-hybridized carbons (Fsp3) is 0.455. The highest BCUT2D eigenvalue weighted by molar-refractivity contribution is 5.92. The molecule has 0 radical (unpaired) electrons. The summed E-state index contributed by atoms with van der Waals surface area (Å²) in [7, 11) is 3.13. The molecule has 0 aliphatic carbocycles. The molecule has 2 heterocycles. The van der Waals surface area contributed by atoms with E-state index in [0.29, 0.717) is 40.7 Å². The number of aromatic nitrogens is 4. The second-order valence-corrected chi connectivity index (χ2v) is 7.62. The summed E-state index contributed by atoms with van der Waals surface area (Å²) in [6.45, 7) is 5.65. The van der Waals surface area contributed by atoms with Crippen molar-refractivity contribution in [1.29, 1.82) is 0 Å². The lowest BCUT2D eigenvalue weighted by atomic mass is 10.1. The number of ether oxygens (including phenoxy) is 3. The third-order valence-electron chi connectivity index (χ3n) is 5.16. The smallest absolute Gasteiger partial charge is 0.433 e. The van der Waals surface area contributed by atoms with Crippen LogP contribution >= 0.6 is 0 Å². The highest BCUT2D eigenvalue weighted by atomic mass is 19.4. The van der Waals surface area contributed by atoms with Crippen molar-refractivity contribution in [2.75, 3.05) is 31.9 Å². The number of nitrogens with one attached hydrogen (secondary N) is 1. The van der Waals surface area contributed by atoms with Gasteiger partial charge in [0.25, 0.3) is 0 Å². The van der Waals surface area contributed by atoms with E-state index in [2.05, 4.69) is 25.3 Å². The first kappa shape index (κ1) is 25.2. The molecular formula is C22H27F3N6O3. The van der Waals surface area contributed by atoms with Crippen molar-refractivity contribution >= 4 is 22.7 Å². The monoisotopic (exact) mass is 480 g/mol. The van der Waals surface area contributed by atoms with Gasteiger partial charge < -0.3 is 25.3 Å². The van der Waals surface area contributed by atoms with Gasteiger partial charge in [-0.25, -0.2) is 19.9 Å². The molecule has 0 aliphatic rings. The Morgan fingerprint density at radius 1 is 1.06 bits per heavy atom. The van der Waals surface area contributed by atoms with E-state index in [1.807, 2.05) is 6.92 Å². The van der Waals surface area contributed by atoms with E-state index in [9.17, 15) is 13.2 Å². The van der Waals surface area contributed by atoms with Crippen LogP contribution in [0, 0.1) is 6.92 Å². The van der Waals surface area contributed by atoms with Crippen LogP contribution < -0.4 is 20.5 Å². The van der Waals surface area contributed by atoms with Crippen LogP contribution in [-0.4, -0.2) is 46.9 Å². The Hall–Kier alpha value is -3.41. The Balaban J connectivity index is 2.00. The maximum Gasteiger partial charge on any atom is 0.433 e. The van der Waals surface area contributed by atoms with E-state index in [1.54, 1.807) is 33.1 Å². The van der Waals surface area contributed by atoms with E-state index in [1.165, 1.54) is 7.11 Å². The minimum atomic E-state index is -4.65. The van der Waals surface area contributed by atoms with Gasteiger partial charge in [-0.05, 0) is 32.4 Å². The van der Waals surface area contributed by atoms with E-state index < -0.39 is 23.9 Å². The number of hydrogen-bond acceptors (Lipinski definition) is 9. The Morgan fingerprint density at radius 3 is 2.41 bits per heavy atom. The number of anilines is 2. The summed E-state index contributed by atoms with van der Waals surface area (Å²) >= 11 is 0. The number of hydrogen-bond donors (Lipinski definition) is 2. The molecule has 9 nitrogen and oxygen atoms in total. The number of fused-ring (bicyclic) bond motifs is 1. The number of methoxy groups -OCH3 is 2. The average Bonchev–Trinajstić information content (AvgIpc) is 2.78. The number of alkyl halides is 3. The van der Waals surface area contributed by atoms with Gasteiger partial charge in [-0.1, -0.05) is 6.92 Å². The van der Waals surface area contributed by atoms with E-state index in [4.69, 9.17) is 19.9 Å². The first-order chi connectivity index (χ1) is 16.0. The molecule has 1 unspecified atom stereocenters. The van der Waals surface area contributed by atoms with Gasteiger partial charge in [0.05, 0.1) is 30.5 Å². The molecule has 0 fully saturated rings. The molecule has 3 N–H and O–H groups in total. The Labute approximate surface area is 194 Å². The van der Waals surface area contributed by atoms with Crippen LogP contribution in [0.1, 0.15) is 43.5 Å². The van der Waals surface area contributed by atoms with Gasteiger partial charge in [-0.3, -0.25) is 0 Å². The second-order valence-electron chi connectivity index (χ2n) is 7.62. The van der Waals surface area contributed by atoms with E-state index in [-0.39, 0.29) is 11.8 Å². The van der Waals surface area contributed by atoms with Gasteiger partial charge in [-0.2, -0.15) is 13.2 Å². The van der Waals surface area contributed by atoms with Gasteiger partial charge in [0.1, 0.15) is 23.9 Å². The van der Waals surface area contributed by atoms with E-state index in [0.717, 1.165) is 12.5 Å². The van der Waals surface area contributed by atoms with Crippen molar-refractivity contribution < 1.29 is 27.4 Å². The fourth-order valence-electron chi connectivity index (χ4n) is 3.30. The standard InChI is InChI=1S/C22H27F3N6O3/c1-6-13(32-4)10-34-18-7-14-16(8-17(18)33-5)28-12(3)29-20(14)27-11(2)15-9-19(22(23,24)25)31-21(26)30-15/h7-9,11,13H,6,10H2,1-5H3,(H2,26,30,31)(H,27,28,29)/t11-,13?/m1/s1. The molecule has 0 amide bonds. The molecule has 184 valence electrons. The number of nitrogens with zero attached hydrogens (tertiary/aromatic N) is 4. The Morgan fingerprint density at radius 2 is 1.79 bits per heavy atom. The predicted octanol–water partition coefficient (Wildman–Crippen LogP) is 4.31. The van der Waals surface area contributed by atoms with Crippen molar-refractivity contribution in [3.05, 3.63) is 35.4 Å². The first-order valence-corrected chi connectivity index (χ1v) is 10.6. The minimum Gasteiger partial charge on any atom is -0.493 e. The summed E-state index contributed by atoms with van der Waals surface area (Å²) < 4.78 is 56.3. The SMILES string of the molecule is CCC(COc1cc2c(N[C@H](C)c3cc(C(F)(F)F)nc(N)n3)nc(C)nc2cc1OC)OC. The van der Waals surface area contributed by atoms with Gasteiger partial charge >= 0.3 is 6.18 Å². The summed E-state index contributed by atoms with van der Waals surface area (Å²) in [5.41, 5.74) is 5.05. The summed E-state index contributed by atoms with van der Waals surface area (Å²) in [4.78, 5) is 16.1. The number of nitrogen functional groups attached to an aromatic ring is 1. The van der Waals surface area contributed by atoms with Crippen molar-refractivity contribution in [2.24, 2.45) is 0 Å². The van der Waals surface area contributed by atoms with Crippen molar-refractivity contribution in [1.82, 2.24) is 19.9 Å². The molecule has 34 heavy (non-hydrogen) atoms. The number of aryl methyl sites for hydroxylation is 1. The summed E-state index contributed by atoms with van der Waals surface area (Å²) in [5, 5.41) is 3.71. The number of rotatable bonds is 9. The van der Waals surface area contributed by atoms with Gasteiger partial charge in [0.15, 0.2) is 11.5 Å². The van der Waals surface area contributed by atoms with Crippen molar-refractivity contribution in [3.63, 3.8) is 0 Å². The highest BCUT2D eigenvalue weighted by Gasteiger charge is 2.34. The lowest BCUT2D eigenvalue weighted by molar-refractivity contribution is -0.141. The Bertz CT molecular complexity index is 1150. The number of halogens is 3. The van der Waals surface area contributed by atoms with Crippen molar-refractivity contribution in [2.45, 2.75) is 45.5 Å². The topological polar surface area (TPSA) is 117 Å². The normalized spacial score (nSPS) is 13.5. The third kappa shape index (κ3) is 5.74. The molecule has 1 aromatic carbocycles. The largest absolute Gasteiger partial charge is 0.493 e. The summed E-state index contributed by atoms with van der Waals surface area (Å²) in [6, 6.07) is 3.62. The quantitative estimate of drug-likeness (QED) is 0.462. The molecule has 2 aromatic heterocycles. The van der Waals surface area contributed by atoms with Crippen molar-refractivity contribution in [3.8, 4) is 11.5 Å². The maximum atomic E-state index is 13.2. The maximum absolute atomic E-state index is 13.2. The molecule has 3 rings (SSSR count). The van der Waals surface area contributed by atoms with Crippen LogP contribution in [0.4, 0.5) is 24.9 Å². The number of benzene rings is 1. The zero-order chi connectivity index (χ0) is 25.0. The van der Waals surface area contributed by atoms with Crippen LogP contribution in [0.25, 0.3) is 10.9 Å². The minimum absolute atomic E-state index is 0.0695. The summed E-state index contributed by atoms with van der Waals surface area (Å²) in [5.74, 6) is 1.33. The molecule has 0 aliphatic heterocycles. The molecule has 0 spiro atoms. The average molecular weight is 480 g/mol. The molecule has 12 heteroatoms. The third-order valence-corrected chi connectivity index (χ3v) is 5.16. The van der Waals surface area contributed by atoms with Crippen LogP contribution in [-0.2, 0) is 10.9 Å². The van der Waals surface area contributed by atoms with E-state index >= 15 is 0 Å². The summed E-state index contributed by atoms with van der Waals surface area (Å²) in [6.07, 6.45) is -3.98. The van der Waals surface area contributed by atoms with Crippen LogP contribution in [0.15, 0.2) is 18.2 Å². The fourth-order valence-corrected chi connectivity index (χ4v) is 3.30. The molecular weight excluding hydrogens is 453 g/mol. The molecule has 0 bridgehead atoms. The van der Waals surface area contributed by atoms with Gasteiger partial charge in [0.2, 0.25) is 5.95 Å². The first-order valence-electron chi connectivity index (χ1n) is 10.6. The predicted molar refractivity (Wildman–Crippen MR) is 121 cm³/mol. The van der Waals surface area contributed by atoms with Crippen LogP contribution in [0.3, 0.4) is 0 Å². The number of nitrogens with two attached hydrogens (primary N) is 1. The molecule has 0 saturated heterocycles. The Kier molecular flexibility index (Phi) is 7.60. The highest BCUT2D eigenvalue weighted by Crippen LogP contribution is 2.36. The molecule has 2 atom stereocenters. The van der Waals surface area contributed by atoms with Crippen LogP contribution in [0.2, 0.25) is 0 Å². The zero-order valence-electron chi connectivity index (χ0n) is 19.5. The second kappa shape index (κ2) is 10.2. The lowest BCUT2D eigenvalue weighted by Crippen LogP contribution is -2.19. The molecule has 3 aromatic rings. The van der Waals surface area contributed by atoms with Crippen LogP contribution in [0.5, 0.6) is 11.5 Å². The van der Waals surface area contributed by atoms with Gasteiger partial charge in [-0.15, -0.1) is 0 Å². The molecule has 0 saturated carbocycles. The zero-order valence-corrected chi connectivity index (χ0v) is 19.5.